The maximum absolute atomic E-state index is 12.1. The summed E-state index contributed by atoms with van der Waals surface area (Å²) >= 11 is 5.33. The molecule has 2 aromatic rings. The van der Waals surface area contributed by atoms with Crippen LogP contribution in [0.3, 0.4) is 0 Å². The topological polar surface area (TPSA) is 66.0 Å². The van der Waals surface area contributed by atoms with Gasteiger partial charge in [0.25, 0.3) is 5.91 Å². The second kappa shape index (κ2) is 10.9. The van der Waals surface area contributed by atoms with Crippen molar-refractivity contribution in [3.05, 3.63) is 59.7 Å². The van der Waals surface area contributed by atoms with Crippen molar-refractivity contribution in [3.63, 3.8) is 0 Å². The summed E-state index contributed by atoms with van der Waals surface area (Å²) in [6.45, 7) is 7.98. The van der Waals surface area contributed by atoms with E-state index in [2.05, 4.69) is 41.8 Å². The summed E-state index contributed by atoms with van der Waals surface area (Å²) in [4.78, 5) is 13.9. The Labute approximate surface area is 189 Å². The number of likely N-dealkylation sites (tertiary alicyclic amines) is 1. The smallest absolute Gasteiger partial charge is 0.260 e. The Morgan fingerprint density at radius 3 is 2.35 bits per heavy atom. The van der Waals surface area contributed by atoms with E-state index in [-0.39, 0.29) is 12.5 Å². The Bertz CT molecular complexity index is 918. The number of anilines is 1. The van der Waals surface area contributed by atoms with Gasteiger partial charge in [-0.3, -0.25) is 10.2 Å². The molecule has 7 heteroatoms. The third kappa shape index (κ3) is 6.79. The van der Waals surface area contributed by atoms with Gasteiger partial charge in [0.1, 0.15) is 5.75 Å². The molecule has 1 fully saturated rings. The molecule has 1 amide bonds. The van der Waals surface area contributed by atoms with Crippen molar-refractivity contribution >= 4 is 34.6 Å². The lowest BCUT2D eigenvalue weighted by atomic mass is 10.0. The Morgan fingerprint density at radius 2 is 1.74 bits per heavy atom. The quantitative estimate of drug-likeness (QED) is 0.378. The van der Waals surface area contributed by atoms with E-state index in [0.29, 0.717) is 16.8 Å². The number of ether oxygens (including phenoxy) is 1. The largest absolute Gasteiger partial charge is 0.484 e. The van der Waals surface area contributed by atoms with Crippen molar-refractivity contribution in [1.29, 1.82) is 0 Å². The lowest BCUT2D eigenvalue weighted by Gasteiger charge is -2.15. The average molecular weight is 439 g/mol. The number of nitrogens with one attached hydrogen (secondary N) is 2. The molecule has 1 heterocycles. The van der Waals surface area contributed by atoms with Crippen LogP contribution in [0.25, 0.3) is 0 Å². The molecule has 1 saturated heterocycles. The van der Waals surface area contributed by atoms with Crippen molar-refractivity contribution in [2.24, 2.45) is 5.10 Å². The number of benzene rings is 2. The van der Waals surface area contributed by atoms with Crippen molar-refractivity contribution in [3.8, 4) is 5.75 Å². The normalized spacial score (nSPS) is 13.9. The van der Waals surface area contributed by atoms with Gasteiger partial charge < -0.3 is 15.0 Å². The highest BCUT2D eigenvalue weighted by atomic mass is 32.1. The fourth-order valence-electron chi connectivity index (χ4n) is 3.30. The molecule has 0 aromatic heterocycles. The number of amides is 1. The van der Waals surface area contributed by atoms with Gasteiger partial charge in [-0.05, 0) is 85.4 Å². The van der Waals surface area contributed by atoms with E-state index in [1.54, 1.807) is 0 Å². The zero-order valence-corrected chi connectivity index (χ0v) is 19.2. The SMILES string of the molecule is C/C(=N\NC(=S)Nc1ccc(C(C)C)cc1)c1ccc(OCC(=O)N2CCCC2)cc1. The Morgan fingerprint density at radius 1 is 1.10 bits per heavy atom. The van der Waals surface area contributed by atoms with Gasteiger partial charge >= 0.3 is 0 Å². The molecule has 0 atom stereocenters. The lowest BCUT2D eigenvalue weighted by Crippen LogP contribution is -2.32. The highest BCUT2D eigenvalue weighted by Crippen LogP contribution is 2.17. The zero-order chi connectivity index (χ0) is 22.2. The molecule has 0 radical (unpaired) electrons. The molecule has 0 bridgehead atoms. The Hall–Kier alpha value is -2.93. The van der Waals surface area contributed by atoms with E-state index in [9.17, 15) is 4.79 Å². The molecule has 0 saturated carbocycles. The number of carbonyl (C=O) groups excluding carboxylic acids is 1. The molecule has 1 aliphatic rings. The van der Waals surface area contributed by atoms with E-state index in [1.807, 2.05) is 48.2 Å². The predicted octanol–water partition coefficient (Wildman–Crippen LogP) is 4.52. The minimum atomic E-state index is 0.0448. The number of rotatable bonds is 7. The van der Waals surface area contributed by atoms with Gasteiger partial charge in [-0.1, -0.05) is 26.0 Å². The molecule has 0 spiro atoms. The van der Waals surface area contributed by atoms with Gasteiger partial charge in [0, 0.05) is 18.8 Å². The summed E-state index contributed by atoms with van der Waals surface area (Å²) in [5.74, 6) is 1.20. The van der Waals surface area contributed by atoms with Crippen LogP contribution in [0.5, 0.6) is 5.75 Å². The van der Waals surface area contributed by atoms with Gasteiger partial charge in [-0.25, -0.2) is 0 Å². The van der Waals surface area contributed by atoms with Crippen molar-refractivity contribution in [2.45, 2.75) is 39.5 Å². The molecule has 6 nitrogen and oxygen atoms in total. The molecule has 1 aliphatic heterocycles. The van der Waals surface area contributed by atoms with Crippen molar-refractivity contribution in [2.75, 3.05) is 25.0 Å². The van der Waals surface area contributed by atoms with Crippen LogP contribution in [0.2, 0.25) is 0 Å². The van der Waals surface area contributed by atoms with Crippen LogP contribution in [0, 0.1) is 0 Å². The predicted molar refractivity (Wildman–Crippen MR) is 130 cm³/mol. The number of carbonyl (C=O) groups is 1. The number of nitrogens with zero attached hydrogens (tertiary/aromatic N) is 2. The summed E-state index contributed by atoms with van der Waals surface area (Å²) in [5, 5.41) is 7.91. The van der Waals surface area contributed by atoms with E-state index >= 15 is 0 Å². The highest BCUT2D eigenvalue weighted by Gasteiger charge is 2.18. The molecule has 2 aromatic carbocycles. The first-order valence-corrected chi connectivity index (χ1v) is 11.1. The second-order valence-electron chi connectivity index (χ2n) is 7.94. The van der Waals surface area contributed by atoms with Crippen LogP contribution in [0.15, 0.2) is 53.6 Å². The summed E-state index contributed by atoms with van der Waals surface area (Å²) in [6, 6.07) is 15.7. The van der Waals surface area contributed by atoms with Gasteiger partial charge in [-0.2, -0.15) is 5.10 Å². The second-order valence-corrected chi connectivity index (χ2v) is 8.35. The molecule has 0 unspecified atom stereocenters. The monoisotopic (exact) mass is 438 g/mol. The molecular formula is C24H30N4O2S. The number of thiocarbonyl (C=S) groups is 1. The fourth-order valence-corrected chi connectivity index (χ4v) is 3.47. The first-order chi connectivity index (χ1) is 14.9. The summed E-state index contributed by atoms with van der Waals surface area (Å²) in [7, 11) is 0. The highest BCUT2D eigenvalue weighted by molar-refractivity contribution is 7.80. The summed E-state index contributed by atoms with van der Waals surface area (Å²) in [5.41, 5.74) is 6.81. The van der Waals surface area contributed by atoms with Crippen molar-refractivity contribution < 1.29 is 9.53 Å². The van der Waals surface area contributed by atoms with Crippen LogP contribution in [0.4, 0.5) is 5.69 Å². The Kier molecular flexibility index (Phi) is 8.00. The van der Waals surface area contributed by atoms with Crippen LogP contribution in [0.1, 0.15) is 50.7 Å². The Balaban J connectivity index is 1.47. The minimum absolute atomic E-state index is 0.0448. The van der Waals surface area contributed by atoms with Gasteiger partial charge in [0.2, 0.25) is 0 Å². The zero-order valence-electron chi connectivity index (χ0n) is 18.4. The third-order valence-corrected chi connectivity index (χ3v) is 5.45. The minimum Gasteiger partial charge on any atom is -0.484 e. The van der Waals surface area contributed by atoms with Gasteiger partial charge in [0.05, 0.1) is 5.71 Å². The first kappa shape index (κ1) is 22.7. The van der Waals surface area contributed by atoms with Gasteiger partial charge in [0.15, 0.2) is 11.7 Å². The molecule has 0 aliphatic carbocycles. The number of hydrazone groups is 1. The third-order valence-electron chi connectivity index (χ3n) is 5.25. The fraction of sp³-hybridized carbons (Fsp3) is 0.375. The molecule has 2 N–H and O–H groups in total. The maximum atomic E-state index is 12.1. The van der Waals surface area contributed by atoms with Crippen LogP contribution < -0.4 is 15.5 Å². The van der Waals surface area contributed by atoms with E-state index in [0.717, 1.165) is 42.9 Å². The maximum Gasteiger partial charge on any atom is 0.260 e. The molecule has 31 heavy (non-hydrogen) atoms. The number of hydrogen-bond acceptors (Lipinski definition) is 4. The van der Waals surface area contributed by atoms with E-state index in [4.69, 9.17) is 17.0 Å². The standard InChI is InChI=1S/C24H30N4O2S/c1-17(2)19-6-10-21(11-7-19)25-24(31)27-26-18(3)20-8-12-22(13-9-20)30-16-23(29)28-14-4-5-15-28/h6-13,17H,4-5,14-16H2,1-3H3,(H2,25,27,31)/b26-18+. The first-order valence-electron chi connectivity index (χ1n) is 10.6. The average Bonchev–Trinajstić information content (AvgIpc) is 3.32. The van der Waals surface area contributed by atoms with Crippen LogP contribution in [-0.4, -0.2) is 41.3 Å². The van der Waals surface area contributed by atoms with E-state index < -0.39 is 0 Å². The summed E-state index contributed by atoms with van der Waals surface area (Å²) in [6.07, 6.45) is 2.16. The molecule has 3 rings (SSSR count). The summed E-state index contributed by atoms with van der Waals surface area (Å²) < 4.78 is 5.63. The van der Waals surface area contributed by atoms with Crippen LogP contribution >= 0.6 is 12.2 Å². The molecule has 164 valence electrons. The lowest BCUT2D eigenvalue weighted by molar-refractivity contribution is -0.132. The molecular weight excluding hydrogens is 408 g/mol. The number of hydrogen-bond donors (Lipinski definition) is 2. The van der Waals surface area contributed by atoms with Crippen LogP contribution in [-0.2, 0) is 4.79 Å². The van der Waals surface area contributed by atoms with Gasteiger partial charge in [-0.15, -0.1) is 0 Å². The van der Waals surface area contributed by atoms with Crippen molar-refractivity contribution in [1.82, 2.24) is 10.3 Å². The van der Waals surface area contributed by atoms with E-state index in [1.165, 1.54) is 5.56 Å².